The molecule has 0 aliphatic carbocycles. The van der Waals surface area contributed by atoms with Crippen LogP contribution in [0.5, 0.6) is 0 Å². The Bertz CT molecular complexity index is 121. The third-order valence-electron chi connectivity index (χ3n) is 0.487. The number of hydrogen-bond acceptors (Lipinski definition) is 1. The van der Waals surface area contributed by atoms with Crippen LogP contribution >= 0.6 is 35.4 Å². The third-order valence-corrected chi connectivity index (χ3v) is 1.65. The highest BCUT2D eigenvalue weighted by Crippen LogP contribution is 2.26. The Balaban J connectivity index is 4.04. The molecule has 1 atom stereocenters. The molecule has 0 heterocycles. The lowest BCUT2D eigenvalue weighted by Crippen LogP contribution is -2.27. The number of hydrogen-bond donors (Lipinski definition) is 0. The molecule has 54 valence electrons. The molecular formula is C3HCl2F3S. The van der Waals surface area contributed by atoms with Crippen LogP contribution in [-0.2, 0) is 0 Å². The summed E-state index contributed by atoms with van der Waals surface area (Å²) in [7, 11) is 0. The second kappa shape index (κ2) is 3.03. The van der Waals surface area contributed by atoms with Gasteiger partial charge in [-0.2, -0.15) is 13.2 Å². The molecule has 0 spiro atoms. The van der Waals surface area contributed by atoms with E-state index in [2.05, 4.69) is 12.2 Å². The van der Waals surface area contributed by atoms with Crippen LogP contribution in [0.2, 0.25) is 0 Å². The quantitative estimate of drug-likeness (QED) is 0.353. The van der Waals surface area contributed by atoms with Gasteiger partial charge in [-0.25, -0.2) is 0 Å². The molecule has 9 heavy (non-hydrogen) atoms. The first-order valence-corrected chi connectivity index (χ1v) is 2.98. The van der Waals surface area contributed by atoms with Gasteiger partial charge in [-0.05, 0) is 0 Å². The summed E-state index contributed by atoms with van der Waals surface area (Å²) < 4.78 is 33.4. The standard InChI is InChI=1S/C3HCl2F3S/c4-1(2(5)9)3(6,7)8/h1H. The van der Waals surface area contributed by atoms with Gasteiger partial charge in [-0.1, -0.05) is 23.8 Å². The fraction of sp³-hybridized carbons (Fsp3) is 0.667. The first-order chi connectivity index (χ1) is 3.85. The third kappa shape index (κ3) is 3.23. The van der Waals surface area contributed by atoms with Gasteiger partial charge in [0.2, 0.25) is 0 Å². The van der Waals surface area contributed by atoms with E-state index in [4.69, 9.17) is 23.2 Å². The number of thiocarbonyl (C=S) groups is 1. The van der Waals surface area contributed by atoms with Crippen LogP contribution in [-0.4, -0.2) is 15.9 Å². The predicted molar refractivity (Wildman–Crippen MR) is 34.1 cm³/mol. The van der Waals surface area contributed by atoms with Crippen LogP contribution < -0.4 is 0 Å². The van der Waals surface area contributed by atoms with E-state index >= 15 is 0 Å². The highest BCUT2D eigenvalue weighted by molar-refractivity contribution is 7.83. The van der Waals surface area contributed by atoms with E-state index in [9.17, 15) is 13.2 Å². The van der Waals surface area contributed by atoms with E-state index in [0.29, 0.717) is 0 Å². The van der Waals surface area contributed by atoms with Gasteiger partial charge in [0, 0.05) is 0 Å². The van der Waals surface area contributed by atoms with Crippen LogP contribution in [0.3, 0.4) is 0 Å². The zero-order valence-electron chi connectivity index (χ0n) is 3.88. The lowest BCUT2D eigenvalue weighted by Gasteiger charge is -2.09. The molecule has 0 saturated carbocycles. The average Bonchev–Trinajstić information content (AvgIpc) is 1.62. The molecule has 0 aromatic heterocycles. The normalized spacial score (nSPS) is 15.2. The Labute approximate surface area is 64.9 Å². The van der Waals surface area contributed by atoms with Crippen LogP contribution in [0, 0.1) is 0 Å². The smallest absolute Gasteiger partial charge is 0.169 e. The summed E-state index contributed by atoms with van der Waals surface area (Å²) in [6.45, 7) is 0. The summed E-state index contributed by atoms with van der Waals surface area (Å²) in [5, 5.41) is -2.21. The Morgan fingerprint density at radius 2 is 1.78 bits per heavy atom. The van der Waals surface area contributed by atoms with Gasteiger partial charge < -0.3 is 0 Å². The van der Waals surface area contributed by atoms with Gasteiger partial charge in [0.25, 0.3) is 0 Å². The molecule has 0 bridgehead atoms. The van der Waals surface area contributed by atoms with Crippen molar-refractivity contribution in [3.8, 4) is 0 Å². The first kappa shape index (κ1) is 9.46. The van der Waals surface area contributed by atoms with Crippen molar-refractivity contribution in [3.63, 3.8) is 0 Å². The van der Waals surface area contributed by atoms with Crippen LogP contribution in [0.15, 0.2) is 0 Å². The molecule has 0 nitrogen and oxygen atoms in total. The second-order valence-corrected chi connectivity index (χ2v) is 2.72. The molecular weight excluding hydrogens is 196 g/mol. The van der Waals surface area contributed by atoms with Gasteiger partial charge in [0.1, 0.15) is 4.32 Å². The van der Waals surface area contributed by atoms with E-state index in [1.54, 1.807) is 0 Å². The van der Waals surface area contributed by atoms with Crippen LogP contribution in [0.1, 0.15) is 0 Å². The number of rotatable bonds is 1. The van der Waals surface area contributed by atoms with Crippen molar-refractivity contribution in [2.24, 2.45) is 0 Å². The molecule has 1 unspecified atom stereocenters. The lowest BCUT2D eigenvalue weighted by atomic mass is 10.5. The maximum atomic E-state index is 11.4. The molecule has 0 saturated heterocycles. The van der Waals surface area contributed by atoms with Crippen molar-refractivity contribution in [2.75, 3.05) is 0 Å². The minimum atomic E-state index is -4.53. The van der Waals surface area contributed by atoms with Crippen molar-refractivity contribution in [1.29, 1.82) is 0 Å². The SMILES string of the molecule is FC(F)(F)C(Cl)C(=S)Cl. The van der Waals surface area contributed by atoms with Gasteiger partial charge in [0.15, 0.2) is 5.38 Å². The maximum absolute atomic E-state index is 11.4. The van der Waals surface area contributed by atoms with Crippen molar-refractivity contribution >= 4 is 39.7 Å². The van der Waals surface area contributed by atoms with Gasteiger partial charge in [0.05, 0.1) is 0 Å². The minimum absolute atomic E-state index is 0.774. The molecule has 0 fully saturated rings. The predicted octanol–water partition coefficient (Wildman–Crippen LogP) is 2.72. The summed E-state index contributed by atoms with van der Waals surface area (Å²) in [5.41, 5.74) is 0. The van der Waals surface area contributed by atoms with E-state index in [1.807, 2.05) is 0 Å². The summed E-state index contributed by atoms with van der Waals surface area (Å²) in [6.07, 6.45) is -4.53. The van der Waals surface area contributed by atoms with Crippen molar-refractivity contribution in [2.45, 2.75) is 11.6 Å². The fourth-order valence-corrected chi connectivity index (χ4v) is 0.386. The maximum Gasteiger partial charge on any atom is 0.410 e. The monoisotopic (exact) mass is 196 g/mol. The summed E-state index contributed by atoms with van der Waals surface area (Å²) in [6, 6.07) is 0. The second-order valence-electron chi connectivity index (χ2n) is 1.21. The van der Waals surface area contributed by atoms with Crippen molar-refractivity contribution < 1.29 is 13.2 Å². The molecule has 0 aliphatic heterocycles. The Hall–Kier alpha value is 0.460. The minimum Gasteiger partial charge on any atom is -0.169 e. The molecule has 0 aromatic rings. The molecule has 0 radical (unpaired) electrons. The number of halogens is 5. The highest BCUT2D eigenvalue weighted by Gasteiger charge is 2.40. The van der Waals surface area contributed by atoms with E-state index in [-0.39, 0.29) is 0 Å². The average molecular weight is 197 g/mol. The summed E-state index contributed by atoms with van der Waals surface area (Å²) >= 11 is 13.5. The van der Waals surface area contributed by atoms with E-state index in [0.717, 1.165) is 0 Å². The molecule has 0 aromatic carbocycles. The van der Waals surface area contributed by atoms with Crippen LogP contribution in [0.4, 0.5) is 13.2 Å². The summed E-state index contributed by atoms with van der Waals surface area (Å²) in [5.74, 6) is 0. The first-order valence-electron chi connectivity index (χ1n) is 1.76. The Morgan fingerprint density at radius 1 is 1.44 bits per heavy atom. The van der Waals surface area contributed by atoms with Crippen molar-refractivity contribution in [3.05, 3.63) is 0 Å². The molecule has 0 aliphatic rings. The molecule has 6 heteroatoms. The number of alkyl halides is 4. The van der Waals surface area contributed by atoms with Gasteiger partial charge in [-0.15, -0.1) is 11.6 Å². The zero-order chi connectivity index (χ0) is 7.65. The van der Waals surface area contributed by atoms with Gasteiger partial charge in [-0.3, -0.25) is 0 Å². The Morgan fingerprint density at radius 3 is 1.78 bits per heavy atom. The van der Waals surface area contributed by atoms with Gasteiger partial charge >= 0.3 is 6.18 Å². The largest absolute Gasteiger partial charge is 0.410 e. The summed E-state index contributed by atoms with van der Waals surface area (Å²) in [4.78, 5) is 0. The fourth-order valence-electron chi connectivity index (χ4n) is 0.129. The Kier molecular flexibility index (Phi) is 3.19. The molecule has 0 rings (SSSR count). The lowest BCUT2D eigenvalue weighted by molar-refractivity contribution is -0.117. The molecule has 0 N–H and O–H groups in total. The topological polar surface area (TPSA) is 0 Å². The van der Waals surface area contributed by atoms with Crippen molar-refractivity contribution in [1.82, 2.24) is 0 Å². The highest BCUT2D eigenvalue weighted by atomic mass is 35.5. The zero-order valence-corrected chi connectivity index (χ0v) is 6.20. The van der Waals surface area contributed by atoms with E-state index < -0.39 is 15.9 Å². The van der Waals surface area contributed by atoms with E-state index in [1.165, 1.54) is 0 Å². The molecule has 0 amide bonds. The van der Waals surface area contributed by atoms with Crippen LogP contribution in [0.25, 0.3) is 0 Å².